The number of benzene rings is 1. The summed E-state index contributed by atoms with van der Waals surface area (Å²) in [6.07, 6.45) is 0. The number of furan rings is 1. The minimum absolute atomic E-state index is 0.0230. The van der Waals surface area contributed by atoms with Gasteiger partial charge < -0.3 is 9.73 Å². The van der Waals surface area contributed by atoms with Crippen LogP contribution in [0.15, 0.2) is 43.9 Å². The van der Waals surface area contributed by atoms with Gasteiger partial charge in [0.1, 0.15) is 5.76 Å². The van der Waals surface area contributed by atoms with Gasteiger partial charge in [0, 0.05) is 4.47 Å². The fourth-order valence-corrected chi connectivity index (χ4v) is 2.60. The summed E-state index contributed by atoms with van der Waals surface area (Å²) < 4.78 is 7.24. The topological polar surface area (TPSA) is 25.2 Å². The first-order valence-corrected chi connectivity index (χ1v) is 7.51. The van der Waals surface area contributed by atoms with Crippen LogP contribution < -0.4 is 5.32 Å². The summed E-state index contributed by atoms with van der Waals surface area (Å²) in [4.78, 5) is 0. The molecule has 0 aliphatic carbocycles. The number of rotatable bonds is 4. The highest BCUT2D eigenvalue weighted by Crippen LogP contribution is 2.30. The number of hydrogen-bond donors (Lipinski definition) is 1. The third-order valence-corrected chi connectivity index (χ3v) is 4.20. The van der Waals surface area contributed by atoms with Crippen molar-refractivity contribution in [3.05, 3.63) is 55.8 Å². The molecule has 1 unspecified atom stereocenters. The molecule has 2 aromatic rings. The van der Waals surface area contributed by atoms with Crippen LogP contribution in [-0.2, 0) is 0 Å². The summed E-state index contributed by atoms with van der Waals surface area (Å²) in [5.41, 5.74) is 1.11. The molecule has 1 aromatic heterocycles. The van der Waals surface area contributed by atoms with Crippen molar-refractivity contribution >= 4 is 43.5 Å². The number of halogens is 3. The molecule has 0 saturated carbocycles. The van der Waals surface area contributed by atoms with Gasteiger partial charge in [-0.05, 0) is 68.2 Å². The van der Waals surface area contributed by atoms with E-state index in [-0.39, 0.29) is 6.04 Å². The summed E-state index contributed by atoms with van der Waals surface area (Å²) in [5, 5.41) is 4.10. The van der Waals surface area contributed by atoms with Gasteiger partial charge in [-0.2, -0.15) is 0 Å². The van der Waals surface area contributed by atoms with Gasteiger partial charge in [-0.1, -0.05) is 24.6 Å². The Morgan fingerprint density at radius 2 is 2.06 bits per heavy atom. The molecule has 0 fully saturated rings. The first-order valence-electron chi connectivity index (χ1n) is 5.55. The lowest BCUT2D eigenvalue weighted by Crippen LogP contribution is -2.21. The van der Waals surface area contributed by atoms with Crippen LogP contribution in [0.25, 0.3) is 0 Å². The van der Waals surface area contributed by atoms with Gasteiger partial charge in [-0.15, -0.1) is 0 Å². The predicted octanol–water partition coefficient (Wildman–Crippen LogP) is 5.16. The lowest BCUT2D eigenvalue weighted by atomic mass is 10.0. The highest BCUT2D eigenvalue weighted by atomic mass is 79.9. The maximum absolute atomic E-state index is 6.01. The average Bonchev–Trinajstić information content (AvgIpc) is 2.76. The van der Waals surface area contributed by atoms with E-state index in [1.165, 1.54) is 0 Å². The van der Waals surface area contributed by atoms with Crippen LogP contribution >= 0.6 is 43.5 Å². The maximum Gasteiger partial charge on any atom is 0.169 e. The zero-order chi connectivity index (χ0) is 13.1. The first-order chi connectivity index (χ1) is 8.61. The monoisotopic (exact) mass is 391 g/mol. The Kier molecular flexibility index (Phi) is 4.90. The van der Waals surface area contributed by atoms with E-state index in [4.69, 9.17) is 16.0 Å². The molecular formula is C13H12Br2ClNO. The summed E-state index contributed by atoms with van der Waals surface area (Å²) in [6, 6.07) is 9.76. The van der Waals surface area contributed by atoms with E-state index in [1.807, 2.05) is 30.3 Å². The number of hydrogen-bond acceptors (Lipinski definition) is 2. The first kappa shape index (κ1) is 14.1. The highest BCUT2D eigenvalue weighted by molar-refractivity contribution is 9.10. The second-order valence-corrected chi connectivity index (χ2v) is 5.85. The molecule has 18 heavy (non-hydrogen) atoms. The molecule has 0 amide bonds. The van der Waals surface area contributed by atoms with Gasteiger partial charge >= 0.3 is 0 Å². The van der Waals surface area contributed by atoms with E-state index in [0.717, 1.165) is 27.0 Å². The van der Waals surface area contributed by atoms with Gasteiger partial charge in [-0.3, -0.25) is 0 Å². The van der Waals surface area contributed by atoms with E-state index >= 15 is 0 Å². The minimum Gasteiger partial charge on any atom is -0.452 e. The Hall–Kier alpha value is -0.290. The third kappa shape index (κ3) is 3.18. The Balaban J connectivity index is 2.37. The second-order valence-electron chi connectivity index (χ2n) is 3.81. The largest absolute Gasteiger partial charge is 0.452 e. The van der Waals surface area contributed by atoms with Crippen LogP contribution in [-0.4, -0.2) is 6.54 Å². The minimum atomic E-state index is 0.0230. The van der Waals surface area contributed by atoms with Crippen LogP contribution in [0.2, 0.25) is 5.02 Å². The van der Waals surface area contributed by atoms with Crippen molar-refractivity contribution in [3.8, 4) is 0 Å². The van der Waals surface area contributed by atoms with Crippen molar-refractivity contribution in [2.24, 2.45) is 0 Å². The lowest BCUT2D eigenvalue weighted by Gasteiger charge is -2.16. The fourth-order valence-electron chi connectivity index (χ4n) is 1.76. The van der Waals surface area contributed by atoms with Crippen LogP contribution in [0.4, 0.5) is 0 Å². The summed E-state index contributed by atoms with van der Waals surface area (Å²) in [6.45, 7) is 2.92. The quantitative estimate of drug-likeness (QED) is 0.776. The molecule has 0 bridgehead atoms. The molecule has 0 aliphatic rings. The van der Waals surface area contributed by atoms with Gasteiger partial charge in [0.15, 0.2) is 4.67 Å². The van der Waals surface area contributed by atoms with Crippen molar-refractivity contribution < 1.29 is 4.42 Å². The van der Waals surface area contributed by atoms with Gasteiger partial charge in [0.25, 0.3) is 0 Å². The normalized spacial score (nSPS) is 12.7. The fraction of sp³-hybridized carbons (Fsp3) is 0.231. The van der Waals surface area contributed by atoms with E-state index in [0.29, 0.717) is 5.02 Å². The molecular weight excluding hydrogens is 381 g/mol. The smallest absolute Gasteiger partial charge is 0.169 e. The van der Waals surface area contributed by atoms with Gasteiger partial charge in [0.2, 0.25) is 0 Å². The summed E-state index contributed by atoms with van der Waals surface area (Å²) in [5.74, 6) is 0.873. The zero-order valence-corrected chi connectivity index (χ0v) is 13.6. The molecule has 96 valence electrons. The molecule has 0 radical (unpaired) electrons. The highest BCUT2D eigenvalue weighted by Gasteiger charge is 2.17. The van der Waals surface area contributed by atoms with Crippen LogP contribution in [0, 0.1) is 0 Å². The van der Waals surface area contributed by atoms with Crippen LogP contribution in [0.1, 0.15) is 24.3 Å². The summed E-state index contributed by atoms with van der Waals surface area (Å²) in [7, 11) is 0. The van der Waals surface area contributed by atoms with E-state index in [9.17, 15) is 0 Å². The van der Waals surface area contributed by atoms with E-state index in [1.54, 1.807) is 0 Å². The van der Waals surface area contributed by atoms with Crippen LogP contribution in [0.5, 0.6) is 0 Å². The second kappa shape index (κ2) is 6.24. The van der Waals surface area contributed by atoms with Crippen molar-refractivity contribution in [2.75, 3.05) is 6.54 Å². The van der Waals surface area contributed by atoms with Crippen LogP contribution in [0.3, 0.4) is 0 Å². The molecule has 0 aliphatic heterocycles. The molecule has 5 heteroatoms. The molecule has 1 heterocycles. The zero-order valence-electron chi connectivity index (χ0n) is 9.71. The standard InChI is InChI=1S/C13H12Br2ClNO/c1-2-17-13(11-5-6-12(15)18-11)8-3-4-10(16)9(14)7-8/h3-7,13,17H,2H2,1H3. The number of nitrogens with one attached hydrogen (secondary N) is 1. The maximum atomic E-state index is 6.01. The average molecular weight is 394 g/mol. The SMILES string of the molecule is CCNC(c1ccc(Cl)c(Br)c1)c1ccc(Br)o1. The molecule has 2 nitrogen and oxygen atoms in total. The molecule has 1 aromatic carbocycles. The Labute approximate surface area is 128 Å². The molecule has 0 saturated heterocycles. The van der Waals surface area contributed by atoms with Gasteiger partial charge in [0.05, 0.1) is 11.1 Å². The molecule has 1 N–H and O–H groups in total. The van der Waals surface area contributed by atoms with Crippen molar-refractivity contribution in [1.82, 2.24) is 5.32 Å². The predicted molar refractivity (Wildman–Crippen MR) is 81.1 cm³/mol. The van der Waals surface area contributed by atoms with E-state index in [2.05, 4.69) is 44.1 Å². The Morgan fingerprint density at radius 3 is 2.61 bits per heavy atom. The summed E-state index contributed by atoms with van der Waals surface area (Å²) >= 11 is 12.8. The lowest BCUT2D eigenvalue weighted by molar-refractivity contribution is 0.437. The third-order valence-electron chi connectivity index (χ3n) is 2.56. The Bertz CT molecular complexity index is 542. The molecule has 2 rings (SSSR count). The van der Waals surface area contributed by atoms with E-state index < -0.39 is 0 Å². The molecule has 1 atom stereocenters. The Morgan fingerprint density at radius 1 is 1.28 bits per heavy atom. The van der Waals surface area contributed by atoms with Gasteiger partial charge in [-0.25, -0.2) is 0 Å². The van der Waals surface area contributed by atoms with Crippen molar-refractivity contribution in [1.29, 1.82) is 0 Å². The molecule has 0 spiro atoms. The van der Waals surface area contributed by atoms with Crippen molar-refractivity contribution in [3.63, 3.8) is 0 Å². The van der Waals surface area contributed by atoms with Crippen molar-refractivity contribution in [2.45, 2.75) is 13.0 Å².